The highest BCUT2D eigenvalue weighted by Gasteiger charge is 2.12. The molecule has 7 heteroatoms. The smallest absolute Gasteiger partial charge is 0.299 e. The van der Waals surface area contributed by atoms with Crippen LogP contribution in [0.3, 0.4) is 0 Å². The summed E-state index contributed by atoms with van der Waals surface area (Å²) >= 11 is 0. The van der Waals surface area contributed by atoms with E-state index in [1.54, 1.807) is 38.1 Å². The number of benzene rings is 1. The second kappa shape index (κ2) is 5.65. The molecule has 0 amide bonds. The van der Waals surface area contributed by atoms with E-state index in [-0.39, 0.29) is 0 Å². The zero-order valence-electron chi connectivity index (χ0n) is 9.64. The molecule has 94 valence electrons. The molecular formula is C10H15N3O3S. The number of hydrogen-bond acceptors (Lipinski definition) is 4. The van der Waals surface area contributed by atoms with Crippen LogP contribution < -0.4 is 9.44 Å². The fourth-order valence-electron chi connectivity index (χ4n) is 1.31. The fourth-order valence-corrected chi connectivity index (χ4v) is 2.23. The lowest BCUT2D eigenvalue weighted by Crippen LogP contribution is -2.30. The van der Waals surface area contributed by atoms with Crippen LogP contribution in [0, 0.1) is 0 Å². The summed E-state index contributed by atoms with van der Waals surface area (Å²) in [7, 11) is -3.59. The van der Waals surface area contributed by atoms with Gasteiger partial charge in [-0.25, -0.2) is 0 Å². The minimum atomic E-state index is -3.59. The Morgan fingerprint density at radius 3 is 2.65 bits per heavy atom. The summed E-state index contributed by atoms with van der Waals surface area (Å²) in [5.41, 5.74) is 1.22. The van der Waals surface area contributed by atoms with Crippen molar-refractivity contribution in [3.63, 3.8) is 0 Å². The molecule has 17 heavy (non-hydrogen) atoms. The number of rotatable bonds is 5. The molecular weight excluding hydrogens is 242 g/mol. The van der Waals surface area contributed by atoms with Gasteiger partial charge < -0.3 is 5.21 Å². The van der Waals surface area contributed by atoms with Gasteiger partial charge in [0, 0.05) is 12.1 Å². The van der Waals surface area contributed by atoms with E-state index in [1.807, 2.05) is 0 Å². The van der Waals surface area contributed by atoms with E-state index < -0.39 is 10.2 Å². The molecule has 0 aliphatic carbocycles. The van der Waals surface area contributed by atoms with Crippen molar-refractivity contribution in [2.45, 2.75) is 13.8 Å². The Morgan fingerprint density at radius 1 is 1.41 bits per heavy atom. The van der Waals surface area contributed by atoms with E-state index in [4.69, 9.17) is 5.21 Å². The third-order valence-corrected chi connectivity index (χ3v) is 3.20. The Labute approximate surface area is 101 Å². The molecule has 0 fully saturated rings. The van der Waals surface area contributed by atoms with Crippen molar-refractivity contribution in [1.29, 1.82) is 0 Å². The third-order valence-electron chi connectivity index (χ3n) is 2.05. The molecule has 1 rings (SSSR count). The van der Waals surface area contributed by atoms with Crippen LogP contribution in [0.1, 0.15) is 19.4 Å². The number of anilines is 1. The highest BCUT2D eigenvalue weighted by atomic mass is 32.2. The molecule has 0 bridgehead atoms. The van der Waals surface area contributed by atoms with Crippen LogP contribution in [-0.4, -0.2) is 25.9 Å². The average molecular weight is 257 g/mol. The van der Waals surface area contributed by atoms with Gasteiger partial charge in [0.1, 0.15) is 0 Å². The van der Waals surface area contributed by atoms with Crippen LogP contribution in [0.15, 0.2) is 29.4 Å². The summed E-state index contributed by atoms with van der Waals surface area (Å²) in [6.45, 7) is 3.57. The first-order valence-electron chi connectivity index (χ1n) is 5.05. The highest BCUT2D eigenvalue weighted by Crippen LogP contribution is 2.16. The predicted octanol–water partition coefficient (Wildman–Crippen LogP) is 1.15. The van der Waals surface area contributed by atoms with Gasteiger partial charge in [0.2, 0.25) is 0 Å². The molecule has 1 aromatic rings. The van der Waals surface area contributed by atoms with Crippen LogP contribution in [0.25, 0.3) is 0 Å². The molecule has 0 heterocycles. The van der Waals surface area contributed by atoms with E-state index in [0.29, 0.717) is 23.5 Å². The molecule has 0 spiro atoms. The minimum absolute atomic E-state index is 0.296. The zero-order chi connectivity index (χ0) is 12.9. The molecule has 1 aromatic carbocycles. The van der Waals surface area contributed by atoms with Crippen molar-refractivity contribution in [2.24, 2.45) is 5.16 Å². The van der Waals surface area contributed by atoms with E-state index in [9.17, 15) is 8.42 Å². The molecule has 0 aliphatic rings. The van der Waals surface area contributed by atoms with Crippen LogP contribution >= 0.6 is 0 Å². The summed E-state index contributed by atoms with van der Waals surface area (Å²) in [5, 5.41) is 11.8. The lowest BCUT2D eigenvalue weighted by Gasteiger charge is -2.11. The van der Waals surface area contributed by atoms with Crippen molar-refractivity contribution in [3.8, 4) is 0 Å². The van der Waals surface area contributed by atoms with Gasteiger partial charge in [-0.1, -0.05) is 30.3 Å². The van der Waals surface area contributed by atoms with Crippen LogP contribution in [0.5, 0.6) is 0 Å². The number of nitrogens with zero attached hydrogens (tertiary/aromatic N) is 1. The topological polar surface area (TPSA) is 90.8 Å². The largest absolute Gasteiger partial charge is 0.411 e. The number of nitrogens with one attached hydrogen (secondary N) is 2. The summed E-state index contributed by atoms with van der Waals surface area (Å²) in [6, 6.07) is 6.69. The average Bonchev–Trinajstić information content (AvgIpc) is 2.28. The summed E-state index contributed by atoms with van der Waals surface area (Å²) in [4.78, 5) is 0. The van der Waals surface area contributed by atoms with Gasteiger partial charge in [0.05, 0.1) is 11.4 Å². The van der Waals surface area contributed by atoms with Gasteiger partial charge in [-0.3, -0.25) is 4.72 Å². The number of oxime groups is 1. The normalized spacial score (nSPS) is 12.5. The second-order valence-electron chi connectivity index (χ2n) is 3.33. The van der Waals surface area contributed by atoms with E-state index >= 15 is 0 Å². The summed E-state index contributed by atoms with van der Waals surface area (Å²) in [5.74, 6) is 0. The highest BCUT2D eigenvalue weighted by molar-refractivity contribution is 7.90. The maximum Gasteiger partial charge on any atom is 0.299 e. The van der Waals surface area contributed by atoms with Crippen molar-refractivity contribution in [3.05, 3.63) is 29.8 Å². The Hall–Kier alpha value is -1.60. The second-order valence-corrected chi connectivity index (χ2v) is 4.83. The Kier molecular flexibility index (Phi) is 4.47. The fraction of sp³-hybridized carbons (Fsp3) is 0.300. The molecule has 6 nitrogen and oxygen atoms in total. The van der Waals surface area contributed by atoms with Crippen molar-refractivity contribution < 1.29 is 13.6 Å². The molecule has 3 N–H and O–H groups in total. The van der Waals surface area contributed by atoms with Crippen molar-refractivity contribution in [2.75, 3.05) is 11.3 Å². The lowest BCUT2D eigenvalue weighted by atomic mass is 10.1. The predicted molar refractivity (Wildman–Crippen MR) is 66.7 cm³/mol. The maximum absolute atomic E-state index is 11.5. The summed E-state index contributed by atoms with van der Waals surface area (Å²) in [6.07, 6.45) is 0. The Balaban J connectivity index is 3.07. The monoisotopic (exact) mass is 257 g/mol. The number of para-hydroxylation sites is 1. The molecule has 0 saturated heterocycles. The Morgan fingerprint density at radius 2 is 2.06 bits per heavy atom. The van der Waals surface area contributed by atoms with Gasteiger partial charge >= 0.3 is 0 Å². The van der Waals surface area contributed by atoms with E-state index in [2.05, 4.69) is 14.6 Å². The van der Waals surface area contributed by atoms with E-state index in [0.717, 1.165) is 0 Å². The Bertz CT molecular complexity index is 511. The van der Waals surface area contributed by atoms with E-state index in [1.165, 1.54) is 0 Å². The SMILES string of the molecule is CCNS(=O)(=O)Nc1ccccc1/C(C)=N/O. The van der Waals surface area contributed by atoms with Gasteiger partial charge in [-0.2, -0.15) is 13.1 Å². The summed E-state index contributed by atoms with van der Waals surface area (Å²) < 4.78 is 27.8. The molecule has 0 aliphatic heterocycles. The van der Waals surface area contributed by atoms with Gasteiger partial charge in [0.15, 0.2) is 0 Å². The van der Waals surface area contributed by atoms with Crippen LogP contribution in [0.2, 0.25) is 0 Å². The molecule has 0 radical (unpaired) electrons. The first-order chi connectivity index (χ1) is 8.00. The number of hydrogen-bond donors (Lipinski definition) is 3. The van der Waals surface area contributed by atoms with Crippen molar-refractivity contribution in [1.82, 2.24) is 4.72 Å². The van der Waals surface area contributed by atoms with Crippen LogP contribution in [-0.2, 0) is 10.2 Å². The third kappa shape index (κ3) is 3.72. The molecule has 0 aromatic heterocycles. The first-order valence-corrected chi connectivity index (χ1v) is 6.54. The maximum atomic E-state index is 11.5. The zero-order valence-corrected chi connectivity index (χ0v) is 10.5. The van der Waals surface area contributed by atoms with Gasteiger partial charge in [-0.05, 0) is 13.0 Å². The molecule has 0 saturated carbocycles. The van der Waals surface area contributed by atoms with Crippen molar-refractivity contribution >= 4 is 21.6 Å². The standard InChI is InChI=1S/C10H15N3O3S/c1-3-11-17(15,16)13-10-7-5-4-6-9(10)8(2)12-14/h4-7,11,13-14H,3H2,1-2H3/b12-8+. The van der Waals surface area contributed by atoms with Crippen LogP contribution in [0.4, 0.5) is 5.69 Å². The first kappa shape index (κ1) is 13.5. The molecule has 0 unspecified atom stereocenters. The quantitative estimate of drug-likeness (QED) is 0.420. The van der Waals surface area contributed by atoms with Gasteiger partial charge in [-0.15, -0.1) is 0 Å². The molecule has 0 atom stereocenters. The van der Waals surface area contributed by atoms with Gasteiger partial charge in [0.25, 0.3) is 10.2 Å². The minimum Gasteiger partial charge on any atom is -0.411 e. The lowest BCUT2D eigenvalue weighted by molar-refractivity contribution is 0.319.